The summed E-state index contributed by atoms with van der Waals surface area (Å²) < 4.78 is 85.0. The van der Waals surface area contributed by atoms with Crippen molar-refractivity contribution in [1.82, 2.24) is 0 Å². The first-order valence-electron chi connectivity index (χ1n) is 10.5. The van der Waals surface area contributed by atoms with Crippen LogP contribution >= 0.6 is 0 Å². The number of hydrogen-bond donors (Lipinski definition) is 0. The second kappa shape index (κ2) is 6.37. The van der Waals surface area contributed by atoms with Gasteiger partial charge in [0.2, 0.25) is 0 Å². The van der Waals surface area contributed by atoms with E-state index in [9.17, 15) is 40.7 Å². The van der Waals surface area contributed by atoms with Gasteiger partial charge in [0.25, 0.3) is 0 Å². The molecule has 0 unspecified atom stereocenters. The van der Waals surface area contributed by atoms with E-state index in [2.05, 4.69) is 0 Å². The molecule has 0 saturated carbocycles. The fraction of sp³-hybridized carbons (Fsp3) is 0. The summed E-state index contributed by atoms with van der Waals surface area (Å²) in [5, 5.41) is -2.87. The summed E-state index contributed by atoms with van der Waals surface area (Å²) in [7, 11) is 0. The minimum absolute atomic E-state index is 0.168. The molecule has 0 atom stereocenters. The van der Waals surface area contributed by atoms with Crippen molar-refractivity contribution in [2.24, 2.45) is 0 Å². The first-order chi connectivity index (χ1) is 17.1. The Morgan fingerprint density at radius 3 is 0.722 bits per heavy atom. The first-order valence-corrected chi connectivity index (χ1v) is 10.5. The summed E-state index contributed by atoms with van der Waals surface area (Å²) in [4.78, 5) is 40.4. The maximum atomic E-state index is 14.3. The van der Waals surface area contributed by atoms with Crippen LogP contribution in [-0.2, 0) is 0 Å². The van der Waals surface area contributed by atoms with Crippen LogP contribution in [0, 0.1) is 34.9 Å². The molecule has 0 radical (unpaired) electrons. The molecule has 0 N–H and O–H groups in total. The van der Waals surface area contributed by atoms with Gasteiger partial charge in [-0.25, -0.2) is 26.3 Å². The molecule has 0 aliphatic rings. The monoisotopic (exact) mass is 492 g/mol. The van der Waals surface area contributed by atoms with E-state index in [1.165, 1.54) is 0 Å². The van der Waals surface area contributed by atoms with E-state index < -0.39 is 51.2 Å². The lowest BCUT2D eigenvalue weighted by atomic mass is 9.99. The highest BCUT2D eigenvalue weighted by Crippen LogP contribution is 2.43. The number of rotatable bonds is 0. The van der Waals surface area contributed by atoms with Gasteiger partial charge in [-0.3, -0.25) is 14.4 Å². The summed E-state index contributed by atoms with van der Waals surface area (Å²) in [5.74, 6) is -8.00. The fourth-order valence-electron chi connectivity index (χ4n) is 5.47. The molecule has 7 aromatic rings. The highest BCUT2D eigenvalue weighted by molar-refractivity contribution is 6.42. The molecular weight excluding hydrogens is 486 g/mol. The summed E-state index contributed by atoms with van der Waals surface area (Å²) in [6.45, 7) is 0. The van der Waals surface area contributed by atoms with Crippen LogP contribution in [0.2, 0.25) is 0 Å². The third-order valence-corrected chi connectivity index (χ3v) is 6.90. The Morgan fingerprint density at radius 2 is 0.500 bits per heavy atom. The standard InChI is InChI=1S/C27H6F6O3/c28-13-1-7-10(4-16(13)31)25(34)22-19(7)23-21(8-2-14(29)17(32)5-11(8)26(23)35)24-20(22)9-3-15(30)18(33)6-12(9)27(24)36/h1-6H. The average Bonchev–Trinajstić information content (AvgIpc) is 3.37. The molecule has 0 heterocycles. The molecule has 7 rings (SSSR count). The van der Waals surface area contributed by atoms with Crippen LogP contribution in [0.15, 0.2) is 50.8 Å². The lowest BCUT2D eigenvalue weighted by molar-refractivity contribution is 0.511. The lowest BCUT2D eigenvalue weighted by Gasteiger charge is -2.02. The van der Waals surface area contributed by atoms with Crippen molar-refractivity contribution in [2.45, 2.75) is 0 Å². The molecule has 0 spiro atoms. The minimum Gasteiger partial charge on any atom is -0.289 e. The maximum Gasteiger partial charge on any atom is 0.195 e. The first kappa shape index (κ1) is 20.8. The molecule has 36 heavy (non-hydrogen) atoms. The van der Waals surface area contributed by atoms with E-state index in [0.717, 1.165) is 0 Å². The van der Waals surface area contributed by atoms with Crippen LogP contribution < -0.4 is 16.3 Å². The Bertz CT molecular complexity index is 2040. The average molecular weight is 492 g/mol. The molecule has 3 nitrogen and oxygen atoms in total. The van der Waals surface area contributed by atoms with Crippen LogP contribution in [0.1, 0.15) is 0 Å². The van der Waals surface area contributed by atoms with Crippen molar-refractivity contribution < 1.29 is 26.3 Å². The van der Waals surface area contributed by atoms with Crippen LogP contribution in [0.4, 0.5) is 26.3 Å². The van der Waals surface area contributed by atoms with Gasteiger partial charge in [0.1, 0.15) is 0 Å². The van der Waals surface area contributed by atoms with E-state index >= 15 is 0 Å². The zero-order chi connectivity index (χ0) is 25.4. The third-order valence-electron chi connectivity index (χ3n) is 6.90. The van der Waals surface area contributed by atoms with E-state index in [1.54, 1.807) is 0 Å². The number of hydrogen-bond acceptors (Lipinski definition) is 3. The highest BCUT2D eigenvalue weighted by atomic mass is 19.2. The predicted molar refractivity (Wildman–Crippen MR) is 124 cm³/mol. The molecule has 0 bridgehead atoms. The number of fused-ring (bicyclic) bond motifs is 12. The normalized spacial score (nSPS) is 12.5. The van der Waals surface area contributed by atoms with Crippen LogP contribution in [-0.4, -0.2) is 0 Å². The molecule has 0 aliphatic carbocycles. The molecule has 7 aromatic carbocycles. The fourth-order valence-corrected chi connectivity index (χ4v) is 5.47. The second-order valence-corrected chi connectivity index (χ2v) is 8.67. The molecule has 0 saturated heterocycles. The number of benzene rings is 4. The van der Waals surface area contributed by atoms with Crippen molar-refractivity contribution in [3.63, 3.8) is 0 Å². The zero-order valence-electron chi connectivity index (χ0n) is 17.5. The molecule has 9 heteroatoms. The van der Waals surface area contributed by atoms with E-state index in [4.69, 9.17) is 0 Å². The van der Waals surface area contributed by atoms with E-state index in [-0.39, 0.29) is 64.6 Å². The smallest absolute Gasteiger partial charge is 0.195 e. The summed E-state index contributed by atoms with van der Waals surface area (Å²) in [6, 6.07) is 4.05. The van der Waals surface area contributed by atoms with Crippen LogP contribution in [0.5, 0.6) is 0 Å². The van der Waals surface area contributed by atoms with Gasteiger partial charge < -0.3 is 0 Å². The second-order valence-electron chi connectivity index (χ2n) is 8.67. The van der Waals surface area contributed by atoms with Gasteiger partial charge in [0.15, 0.2) is 51.2 Å². The Kier molecular flexibility index (Phi) is 3.68. The summed E-state index contributed by atoms with van der Waals surface area (Å²) in [6.07, 6.45) is 0. The van der Waals surface area contributed by atoms with Crippen molar-refractivity contribution >= 4 is 64.6 Å². The van der Waals surface area contributed by atoms with Gasteiger partial charge >= 0.3 is 0 Å². The topological polar surface area (TPSA) is 51.2 Å². The third kappa shape index (κ3) is 2.23. The summed E-state index contributed by atoms with van der Waals surface area (Å²) in [5.41, 5.74) is -2.61. The van der Waals surface area contributed by atoms with Crippen LogP contribution in [0.3, 0.4) is 0 Å². The van der Waals surface area contributed by atoms with Crippen molar-refractivity contribution in [1.29, 1.82) is 0 Å². The molecule has 0 fully saturated rings. The SMILES string of the molecule is O=c1c2cc(F)c(F)cc2c2c1c1c3cc(F)c(F)cc3c(=O)c1c1c3cc(F)c(F)cc3c(=O)c21. The molecule has 0 aliphatic heterocycles. The van der Waals surface area contributed by atoms with Gasteiger partial charge in [-0.1, -0.05) is 0 Å². The Balaban J connectivity index is 2.00. The van der Waals surface area contributed by atoms with E-state index in [1.807, 2.05) is 0 Å². The molecular formula is C27H6F6O3. The largest absolute Gasteiger partial charge is 0.289 e. The molecule has 174 valence electrons. The predicted octanol–water partition coefficient (Wildman–Crippen LogP) is 5.83. The Morgan fingerprint density at radius 1 is 0.306 bits per heavy atom. The quantitative estimate of drug-likeness (QED) is 0.250. The molecule has 0 aromatic heterocycles. The van der Waals surface area contributed by atoms with Gasteiger partial charge in [0, 0.05) is 48.5 Å². The van der Waals surface area contributed by atoms with Crippen molar-refractivity contribution in [2.75, 3.05) is 0 Å². The number of halogens is 6. The van der Waals surface area contributed by atoms with Gasteiger partial charge in [-0.05, 0) is 52.6 Å². The molecule has 0 amide bonds. The maximum absolute atomic E-state index is 14.3. The zero-order valence-corrected chi connectivity index (χ0v) is 17.5. The highest BCUT2D eigenvalue weighted by Gasteiger charge is 2.28. The van der Waals surface area contributed by atoms with Gasteiger partial charge in [0.05, 0.1) is 0 Å². The van der Waals surface area contributed by atoms with Crippen molar-refractivity contribution in [3.8, 4) is 0 Å². The van der Waals surface area contributed by atoms with E-state index in [0.29, 0.717) is 36.4 Å². The van der Waals surface area contributed by atoms with Crippen molar-refractivity contribution in [3.05, 3.63) is 102 Å². The van der Waals surface area contributed by atoms with Gasteiger partial charge in [-0.15, -0.1) is 0 Å². The Labute approximate surface area is 193 Å². The lowest BCUT2D eigenvalue weighted by Crippen LogP contribution is -2.00. The van der Waals surface area contributed by atoms with Gasteiger partial charge in [-0.2, -0.15) is 0 Å². The Hall–Kier alpha value is -4.53. The summed E-state index contributed by atoms with van der Waals surface area (Å²) >= 11 is 0. The minimum atomic E-state index is -1.34. The van der Waals surface area contributed by atoms with Crippen LogP contribution in [0.25, 0.3) is 64.6 Å².